The van der Waals surface area contributed by atoms with Crippen LogP contribution >= 0.6 is 0 Å². The van der Waals surface area contributed by atoms with Crippen LogP contribution in [-0.2, 0) is 47.4 Å². The number of aliphatic hydroxyl groups is 5. The summed E-state index contributed by atoms with van der Waals surface area (Å²) in [6, 6.07) is 0. The van der Waals surface area contributed by atoms with Crippen LogP contribution in [0.15, 0.2) is 0 Å². The number of hydrogen-bond acceptors (Lipinski definition) is 15. The third kappa shape index (κ3) is 25.4. The summed E-state index contributed by atoms with van der Waals surface area (Å²) in [7, 11) is 0. The number of rotatable bonds is 38. The molecule has 0 heterocycles. The Balaban J connectivity index is 4.83. The van der Waals surface area contributed by atoms with Crippen molar-refractivity contribution in [2.75, 3.05) is 92.5 Å². The minimum absolute atomic E-state index is 0.0585. The van der Waals surface area contributed by atoms with E-state index >= 15 is 0 Å². The number of alkyl halides is 16. The van der Waals surface area contributed by atoms with Gasteiger partial charge in [-0.25, -0.2) is 18.9 Å². The third-order valence-electron chi connectivity index (χ3n) is 6.19. The highest BCUT2D eigenvalue weighted by Gasteiger charge is 2.68. The minimum Gasteiger partial charge on any atom is -0.396 e. The summed E-state index contributed by atoms with van der Waals surface area (Å²) in [5.41, 5.74) is 0. The Morgan fingerprint density at radius 1 is 0.333 bits per heavy atom. The highest BCUT2D eigenvalue weighted by molar-refractivity contribution is 4.74. The van der Waals surface area contributed by atoms with Crippen LogP contribution in [0.3, 0.4) is 0 Å². The topological polar surface area (TPSA) is 193 Å². The van der Waals surface area contributed by atoms with Crippen LogP contribution in [0.5, 0.6) is 0 Å². The van der Waals surface area contributed by atoms with Crippen molar-refractivity contribution in [1.29, 1.82) is 0 Å². The molecule has 0 aliphatic rings. The zero-order chi connectivity index (χ0) is 46.5. The van der Waals surface area contributed by atoms with Gasteiger partial charge in [0.25, 0.3) is 0 Å². The Morgan fingerprint density at radius 3 is 0.800 bits per heavy atom. The first-order valence-corrected chi connectivity index (χ1v) is 16.9. The van der Waals surface area contributed by atoms with Gasteiger partial charge in [0.05, 0.1) is 38.6 Å². The third-order valence-corrected chi connectivity index (χ3v) is 6.19. The van der Waals surface area contributed by atoms with E-state index in [1.165, 1.54) is 0 Å². The second kappa shape index (κ2) is 26.2. The molecule has 0 aromatic heterocycles. The molecule has 5 N–H and O–H groups in total. The Labute approximate surface area is 329 Å². The van der Waals surface area contributed by atoms with E-state index in [4.69, 9.17) is 19.7 Å². The van der Waals surface area contributed by atoms with Gasteiger partial charge in [0.15, 0.2) is 0 Å². The van der Waals surface area contributed by atoms with E-state index in [1.807, 2.05) is 0 Å². The molecule has 2 atom stereocenters. The van der Waals surface area contributed by atoms with E-state index in [0.29, 0.717) is 0 Å². The molecule has 0 aliphatic carbocycles. The zero-order valence-corrected chi connectivity index (χ0v) is 30.8. The smallest absolute Gasteiger partial charge is 0.396 e. The molecule has 0 aromatic rings. The summed E-state index contributed by atoms with van der Waals surface area (Å²) < 4.78 is 257. The molecule has 60 heavy (non-hydrogen) atoms. The lowest BCUT2D eigenvalue weighted by Crippen LogP contribution is -2.53. The van der Waals surface area contributed by atoms with Crippen LogP contribution in [0, 0.1) is 0 Å². The molecule has 0 bridgehead atoms. The number of ether oxygens (including phenoxy) is 10. The predicted octanol–water partition coefficient (Wildman–Crippen LogP) is 3.52. The molecule has 2 unspecified atom stereocenters. The number of aliphatic hydroxyl groups excluding tert-OH is 5. The second-order valence-corrected chi connectivity index (χ2v) is 12.0. The van der Waals surface area contributed by atoms with Crippen LogP contribution in [-0.4, -0.2) is 185 Å². The molecular formula is C29H44F16O15. The van der Waals surface area contributed by atoms with E-state index in [-0.39, 0.29) is 65.3 Å². The summed E-state index contributed by atoms with van der Waals surface area (Å²) in [5.74, 6) is 0. The summed E-state index contributed by atoms with van der Waals surface area (Å²) in [5, 5.41) is 45.8. The van der Waals surface area contributed by atoms with Gasteiger partial charge in [0.1, 0.15) is 32.5 Å². The zero-order valence-electron chi connectivity index (χ0n) is 30.8. The van der Waals surface area contributed by atoms with E-state index in [2.05, 4.69) is 37.9 Å². The molecule has 362 valence electrons. The van der Waals surface area contributed by atoms with Crippen LogP contribution in [0.4, 0.5) is 70.2 Å². The van der Waals surface area contributed by atoms with Crippen molar-refractivity contribution in [2.24, 2.45) is 0 Å². The SMILES string of the molecule is OCCCOCCC(O)COCC(F)(F)OC(F)(F)C(F)(F)OC(F)(F)COCC(O)COCC(F)(F)OC(F)(F)C(F)(F)OC(F)(F)COCC(O)CCOCCCO. The van der Waals surface area contributed by atoms with Gasteiger partial charge in [0, 0.05) is 39.6 Å². The molecule has 0 spiro atoms. The molecule has 0 saturated carbocycles. The standard InChI is InChI=1S/C29H44F16O15/c30-22(31,15-53-11-19(48)3-9-51-7-1-5-46)57-26(38,39)28(42,43)59-24(34,35)17-55-13-21(50)14-56-18-25(36,37)60-29(44,45)27(40,41)58-23(32,33)16-54-12-20(49)4-10-52-8-2-6-47/h19-21,46-50H,1-18H2. The van der Waals surface area contributed by atoms with Gasteiger partial charge in [-0.05, 0) is 25.7 Å². The minimum atomic E-state index is -6.56. The van der Waals surface area contributed by atoms with Crippen molar-refractivity contribution in [3.05, 3.63) is 0 Å². The number of halogens is 16. The van der Waals surface area contributed by atoms with E-state index in [0.717, 1.165) is 0 Å². The Hall–Kier alpha value is -1.72. The molecule has 0 aromatic carbocycles. The Kier molecular flexibility index (Phi) is 25.4. The van der Waals surface area contributed by atoms with Gasteiger partial charge in [0.2, 0.25) is 0 Å². The fraction of sp³-hybridized carbons (Fsp3) is 1.00. The molecule has 15 nitrogen and oxygen atoms in total. The lowest BCUT2D eigenvalue weighted by Gasteiger charge is -2.31. The lowest BCUT2D eigenvalue weighted by molar-refractivity contribution is -0.516. The van der Waals surface area contributed by atoms with Crippen molar-refractivity contribution < 1.29 is 143 Å². The molecule has 31 heteroatoms. The van der Waals surface area contributed by atoms with Crippen LogP contribution in [0.1, 0.15) is 25.7 Å². The summed E-state index contributed by atoms with van der Waals surface area (Å²) in [6.07, 6.45) is -53.4. The largest absolute Gasteiger partial charge is 0.453 e. The highest BCUT2D eigenvalue weighted by atomic mass is 19.4. The van der Waals surface area contributed by atoms with E-state index in [1.54, 1.807) is 0 Å². The fourth-order valence-corrected chi connectivity index (χ4v) is 3.55. The first kappa shape index (κ1) is 58.3. The first-order chi connectivity index (χ1) is 27.3. The molecule has 0 rings (SSSR count). The van der Waals surface area contributed by atoms with Crippen molar-refractivity contribution >= 4 is 0 Å². The molecule has 0 aliphatic heterocycles. The molecular weight excluding hydrogens is 892 g/mol. The summed E-state index contributed by atoms with van der Waals surface area (Å²) in [6.45, 7) is -15.2. The average molecular weight is 937 g/mol. The van der Waals surface area contributed by atoms with E-state index < -0.39 is 120 Å². The Morgan fingerprint density at radius 2 is 0.567 bits per heavy atom. The monoisotopic (exact) mass is 936 g/mol. The van der Waals surface area contributed by atoms with Crippen molar-refractivity contribution in [2.45, 2.75) is 92.9 Å². The van der Waals surface area contributed by atoms with Gasteiger partial charge in [-0.2, -0.15) is 70.2 Å². The first-order valence-electron chi connectivity index (χ1n) is 16.9. The highest BCUT2D eigenvalue weighted by Crippen LogP contribution is 2.44. The van der Waals surface area contributed by atoms with Gasteiger partial charge < -0.3 is 54.0 Å². The van der Waals surface area contributed by atoms with Crippen molar-refractivity contribution in [1.82, 2.24) is 0 Å². The maximum absolute atomic E-state index is 13.8. The quantitative estimate of drug-likeness (QED) is 0.0446. The van der Waals surface area contributed by atoms with Gasteiger partial charge in [-0.3, -0.25) is 0 Å². The van der Waals surface area contributed by atoms with Gasteiger partial charge >= 0.3 is 48.9 Å². The average Bonchev–Trinajstić information content (AvgIpc) is 3.05. The van der Waals surface area contributed by atoms with E-state index in [9.17, 15) is 85.6 Å². The van der Waals surface area contributed by atoms with Gasteiger partial charge in [-0.15, -0.1) is 0 Å². The molecule has 0 saturated heterocycles. The normalized spacial score (nSPS) is 15.8. The summed E-state index contributed by atoms with van der Waals surface area (Å²) >= 11 is 0. The van der Waals surface area contributed by atoms with Crippen molar-refractivity contribution in [3.63, 3.8) is 0 Å². The number of hydrogen-bond donors (Lipinski definition) is 5. The van der Waals surface area contributed by atoms with Crippen LogP contribution in [0.2, 0.25) is 0 Å². The fourth-order valence-electron chi connectivity index (χ4n) is 3.55. The maximum Gasteiger partial charge on any atom is 0.453 e. The molecule has 0 amide bonds. The van der Waals surface area contributed by atoms with Crippen LogP contribution < -0.4 is 0 Å². The maximum atomic E-state index is 13.8. The predicted molar refractivity (Wildman–Crippen MR) is 159 cm³/mol. The summed E-state index contributed by atoms with van der Waals surface area (Å²) in [4.78, 5) is 0. The molecule has 0 radical (unpaired) electrons. The Bertz CT molecular complexity index is 1060. The second-order valence-electron chi connectivity index (χ2n) is 12.0. The molecule has 0 fully saturated rings. The van der Waals surface area contributed by atoms with Gasteiger partial charge in [-0.1, -0.05) is 0 Å². The van der Waals surface area contributed by atoms with Crippen molar-refractivity contribution in [3.8, 4) is 0 Å². The van der Waals surface area contributed by atoms with Crippen LogP contribution in [0.25, 0.3) is 0 Å². The lowest BCUT2D eigenvalue weighted by atomic mass is 10.3.